The van der Waals surface area contributed by atoms with Crippen LogP contribution in [0, 0.1) is 17.0 Å². The van der Waals surface area contributed by atoms with Crippen LogP contribution in [0.4, 0.5) is 8.78 Å². The summed E-state index contributed by atoms with van der Waals surface area (Å²) in [6, 6.07) is 2.43. The van der Waals surface area contributed by atoms with E-state index >= 15 is 0 Å². The van der Waals surface area contributed by atoms with Crippen LogP contribution in [0.3, 0.4) is 0 Å². The monoisotopic (exact) mass is 325 g/mol. The first-order chi connectivity index (χ1) is 9.01. The van der Waals surface area contributed by atoms with Gasteiger partial charge in [0.25, 0.3) is 0 Å². The topological polar surface area (TPSA) is 46.2 Å². The van der Waals surface area contributed by atoms with Crippen LogP contribution in [0.2, 0.25) is 0 Å². The van der Waals surface area contributed by atoms with Gasteiger partial charge in [-0.25, -0.2) is 21.9 Å². The largest absolute Gasteiger partial charge is 0.240 e. The lowest BCUT2D eigenvalue weighted by Crippen LogP contribution is -2.31. The average molecular weight is 326 g/mol. The SMILES string of the molecule is CC(C)(C)CC(Cl)CNS(=O)(=O)c1ccc(F)c(F)c1. The number of alkyl halides is 1. The Labute approximate surface area is 123 Å². The minimum Gasteiger partial charge on any atom is -0.210 e. The molecule has 0 aliphatic rings. The molecule has 0 radical (unpaired) electrons. The van der Waals surface area contributed by atoms with Gasteiger partial charge < -0.3 is 0 Å². The van der Waals surface area contributed by atoms with Crippen LogP contribution >= 0.6 is 11.6 Å². The van der Waals surface area contributed by atoms with E-state index in [1.54, 1.807) is 0 Å². The zero-order chi connectivity index (χ0) is 15.6. The number of halogens is 3. The molecule has 0 amide bonds. The van der Waals surface area contributed by atoms with Gasteiger partial charge in [0.2, 0.25) is 10.0 Å². The van der Waals surface area contributed by atoms with Crippen molar-refractivity contribution in [1.82, 2.24) is 4.72 Å². The quantitative estimate of drug-likeness (QED) is 0.844. The molecule has 7 heteroatoms. The summed E-state index contributed by atoms with van der Waals surface area (Å²) in [6.45, 7) is 6.00. The van der Waals surface area contributed by atoms with Crippen molar-refractivity contribution in [3.63, 3.8) is 0 Å². The van der Waals surface area contributed by atoms with E-state index < -0.39 is 21.7 Å². The molecule has 1 atom stereocenters. The number of hydrogen-bond acceptors (Lipinski definition) is 2. The molecule has 20 heavy (non-hydrogen) atoms. The minimum absolute atomic E-state index is 0.0279. The molecule has 1 aromatic rings. The van der Waals surface area contributed by atoms with Gasteiger partial charge in [-0.15, -0.1) is 11.6 Å². The molecule has 0 fully saturated rings. The number of nitrogens with one attached hydrogen (secondary N) is 1. The Morgan fingerprint density at radius 1 is 1.25 bits per heavy atom. The maximum atomic E-state index is 13.0. The van der Waals surface area contributed by atoms with E-state index in [1.165, 1.54) is 0 Å². The van der Waals surface area contributed by atoms with Crippen molar-refractivity contribution < 1.29 is 17.2 Å². The summed E-state index contributed by atoms with van der Waals surface area (Å²) >= 11 is 6.05. The molecule has 3 nitrogen and oxygen atoms in total. The van der Waals surface area contributed by atoms with Gasteiger partial charge in [-0.3, -0.25) is 0 Å². The van der Waals surface area contributed by atoms with E-state index in [0.29, 0.717) is 12.5 Å². The Bertz CT molecular complexity index is 570. The van der Waals surface area contributed by atoms with Crippen LogP contribution in [0.1, 0.15) is 27.2 Å². The first-order valence-electron chi connectivity index (χ1n) is 6.10. The standard InChI is InChI=1S/C13H18ClF2NO2S/c1-13(2,3)7-9(14)8-17-20(18,19)10-4-5-11(15)12(16)6-10/h4-6,9,17H,7-8H2,1-3H3. The number of hydrogen-bond donors (Lipinski definition) is 1. The summed E-state index contributed by atoms with van der Waals surface area (Å²) < 4.78 is 51.9. The maximum absolute atomic E-state index is 13.0. The van der Waals surface area contributed by atoms with E-state index in [0.717, 1.165) is 12.1 Å². The third kappa shape index (κ3) is 5.34. The van der Waals surface area contributed by atoms with E-state index in [9.17, 15) is 17.2 Å². The molecule has 0 aliphatic carbocycles. The zero-order valence-corrected chi connectivity index (χ0v) is 13.2. The number of sulfonamides is 1. The van der Waals surface area contributed by atoms with E-state index in [4.69, 9.17) is 11.6 Å². The Balaban J connectivity index is 2.73. The van der Waals surface area contributed by atoms with E-state index in [2.05, 4.69) is 4.72 Å². The molecule has 0 aliphatic heterocycles. The minimum atomic E-state index is -3.89. The molecular formula is C13H18ClF2NO2S. The first-order valence-corrected chi connectivity index (χ1v) is 8.02. The van der Waals surface area contributed by atoms with Gasteiger partial charge in [0, 0.05) is 11.9 Å². The fraction of sp³-hybridized carbons (Fsp3) is 0.538. The van der Waals surface area contributed by atoms with Crippen molar-refractivity contribution in [3.8, 4) is 0 Å². The highest BCUT2D eigenvalue weighted by Gasteiger charge is 2.21. The van der Waals surface area contributed by atoms with Crippen LogP contribution in [-0.2, 0) is 10.0 Å². The summed E-state index contributed by atoms with van der Waals surface area (Å²) in [5, 5.41) is -0.380. The van der Waals surface area contributed by atoms with Gasteiger partial charge >= 0.3 is 0 Å². The third-order valence-electron chi connectivity index (χ3n) is 2.53. The molecule has 114 valence electrons. The van der Waals surface area contributed by atoms with Crippen molar-refractivity contribution >= 4 is 21.6 Å². The highest BCUT2D eigenvalue weighted by molar-refractivity contribution is 7.89. The molecule has 1 unspecified atom stereocenters. The molecule has 0 saturated carbocycles. The fourth-order valence-corrected chi connectivity index (χ4v) is 3.39. The third-order valence-corrected chi connectivity index (χ3v) is 4.26. The Hall–Kier alpha value is -0.720. The van der Waals surface area contributed by atoms with Crippen LogP contribution in [0.5, 0.6) is 0 Å². The summed E-state index contributed by atoms with van der Waals surface area (Å²) in [4.78, 5) is -0.323. The van der Waals surface area contributed by atoms with Crippen LogP contribution in [0.25, 0.3) is 0 Å². The second-order valence-corrected chi connectivity index (χ2v) is 8.17. The normalized spacial score (nSPS) is 14.3. The summed E-state index contributed by atoms with van der Waals surface area (Å²) in [5.41, 5.74) is -0.0279. The van der Waals surface area contributed by atoms with Gasteiger partial charge in [0.15, 0.2) is 11.6 Å². The van der Waals surface area contributed by atoms with E-state index in [-0.39, 0.29) is 22.2 Å². The molecular weight excluding hydrogens is 308 g/mol. The summed E-state index contributed by atoms with van der Waals surface area (Å²) in [5.74, 6) is -2.29. The molecule has 0 spiro atoms. The second-order valence-electron chi connectivity index (χ2n) is 5.79. The highest BCUT2D eigenvalue weighted by atomic mass is 35.5. The predicted octanol–water partition coefficient (Wildman–Crippen LogP) is 3.29. The second kappa shape index (κ2) is 6.37. The smallest absolute Gasteiger partial charge is 0.210 e. The fourth-order valence-electron chi connectivity index (χ4n) is 1.66. The van der Waals surface area contributed by atoms with Crippen molar-refractivity contribution in [2.45, 2.75) is 37.5 Å². The van der Waals surface area contributed by atoms with Gasteiger partial charge in [-0.05, 0) is 30.0 Å². The summed E-state index contributed by atoms with van der Waals surface area (Å²) in [6.07, 6.45) is 0.620. The van der Waals surface area contributed by atoms with Crippen molar-refractivity contribution in [1.29, 1.82) is 0 Å². The zero-order valence-electron chi connectivity index (χ0n) is 11.6. The molecule has 0 heterocycles. The molecule has 1 N–H and O–H groups in total. The van der Waals surface area contributed by atoms with Crippen molar-refractivity contribution in [2.75, 3.05) is 6.54 Å². The van der Waals surface area contributed by atoms with Crippen LogP contribution in [0.15, 0.2) is 23.1 Å². The number of benzene rings is 1. The van der Waals surface area contributed by atoms with Gasteiger partial charge in [0.05, 0.1) is 4.90 Å². The molecule has 0 aromatic heterocycles. The van der Waals surface area contributed by atoms with Gasteiger partial charge in [-0.1, -0.05) is 20.8 Å². The van der Waals surface area contributed by atoms with Crippen LogP contribution in [-0.4, -0.2) is 20.3 Å². The Morgan fingerprint density at radius 3 is 2.35 bits per heavy atom. The Kier molecular flexibility index (Phi) is 5.52. The lowest BCUT2D eigenvalue weighted by Gasteiger charge is -2.22. The number of rotatable bonds is 5. The average Bonchev–Trinajstić information content (AvgIpc) is 2.28. The lowest BCUT2D eigenvalue weighted by molar-refractivity contribution is 0.369. The Morgan fingerprint density at radius 2 is 1.85 bits per heavy atom. The van der Waals surface area contributed by atoms with Crippen molar-refractivity contribution in [3.05, 3.63) is 29.8 Å². The van der Waals surface area contributed by atoms with Crippen molar-refractivity contribution in [2.24, 2.45) is 5.41 Å². The van der Waals surface area contributed by atoms with Gasteiger partial charge in [-0.2, -0.15) is 0 Å². The lowest BCUT2D eigenvalue weighted by atomic mass is 9.90. The maximum Gasteiger partial charge on any atom is 0.240 e. The van der Waals surface area contributed by atoms with Crippen LogP contribution < -0.4 is 4.72 Å². The summed E-state index contributed by atoms with van der Waals surface area (Å²) in [7, 11) is -3.89. The first kappa shape index (κ1) is 17.3. The molecule has 1 aromatic carbocycles. The molecule has 0 bridgehead atoms. The highest BCUT2D eigenvalue weighted by Crippen LogP contribution is 2.23. The van der Waals surface area contributed by atoms with E-state index in [1.807, 2.05) is 20.8 Å². The molecule has 1 rings (SSSR count). The molecule has 0 saturated heterocycles. The van der Waals surface area contributed by atoms with Gasteiger partial charge in [0.1, 0.15) is 0 Å². The predicted molar refractivity (Wildman–Crippen MR) is 75.3 cm³/mol.